The van der Waals surface area contributed by atoms with E-state index >= 15 is 0 Å². The second-order valence-electron chi connectivity index (χ2n) is 4.30. The largest absolute Gasteiger partial charge is 0.379 e. The van der Waals surface area contributed by atoms with E-state index in [1.165, 1.54) is 0 Å². The van der Waals surface area contributed by atoms with E-state index in [-0.39, 0.29) is 6.04 Å². The normalized spacial score (nSPS) is 12.5. The van der Waals surface area contributed by atoms with Crippen molar-refractivity contribution in [1.29, 1.82) is 0 Å². The third-order valence-electron chi connectivity index (χ3n) is 2.86. The second-order valence-corrected chi connectivity index (χ2v) is 4.30. The number of hydrazine groups is 1. The van der Waals surface area contributed by atoms with E-state index in [0.717, 1.165) is 24.4 Å². The van der Waals surface area contributed by atoms with Crippen LogP contribution in [0.1, 0.15) is 25.1 Å². The molecule has 1 aromatic heterocycles. The standard InChI is InChI=1S/C14H20N4O/c1-2-10-19-11-13(17-15)14-8-9-16-18(14)12-6-4-3-5-7-12/h3-9,13,17H,2,10-11,15H2,1H3. The number of hydrogen-bond donors (Lipinski definition) is 2. The lowest BCUT2D eigenvalue weighted by Gasteiger charge is -2.17. The Hall–Kier alpha value is -1.69. The van der Waals surface area contributed by atoms with Gasteiger partial charge in [0.25, 0.3) is 0 Å². The molecule has 0 radical (unpaired) electrons. The summed E-state index contributed by atoms with van der Waals surface area (Å²) < 4.78 is 7.44. The Morgan fingerprint density at radius 2 is 2.11 bits per heavy atom. The molecule has 0 amide bonds. The summed E-state index contributed by atoms with van der Waals surface area (Å²) in [6, 6.07) is 11.9. The SMILES string of the molecule is CCCOCC(NN)c1ccnn1-c1ccccc1. The van der Waals surface area contributed by atoms with Gasteiger partial charge in [0.1, 0.15) is 0 Å². The zero-order chi connectivity index (χ0) is 13.5. The molecule has 19 heavy (non-hydrogen) atoms. The molecule has 0 saturated carbocycles. The van der Waals surface area contributed by atoms with Crippen LogP contribution in [0.25, 0.3) is 5.69 Å². The summed E-state index contributed by atoms with van der Waals surface area (Å²) in [6.07, 6.45) is 2.77. The molecule has 1 unspecified atom stereocenters. The van der Waals surface area contributed by atoms with Gasteiger partial charge >= 0.3 is 0 Å². The molecule has 2 rings (SSSR count). The number of nitrogens with zero attached hydrogens (tertiary/aromatic N) is 2. The van der Waals surface area contributed by atoms with Crippen molar-refractivity contribution in [3.05, 3.63) is 48.3 Å². The van der Waals surface area contributed by atoms with Crippen molar-refractivity contribution in [2.45, 2.75) is 19.4 Å². The first-order valence-electron chi connectivity index (χ1n) is 6.50. The highest BCUT2D eigenvalue weighted by Crippen LogP contribution is 2.17. The van der Waals surface area contributed by atoms with Crippen molar-refractivity contribution in [3.8, 4) is 5.69 Å². The molecule has 1 heterocycles. The molecule has 0 saturated heterocycles. The number of hydrogen-bond acceptors (Lipinski definition) is 4. The highest BCUT2D eigenvalue weighted by atomic mass is 16.5. The molecular formula is C14H20N4O. The Balaban J connectivity index is 2.18. The topological polar surface area (TPSA) is 65.1 Å². The van der Waals surface area contributed by atoms with Gasteiger partial charge in [0.05, 0.1) is 24.0 Å². The maximum atomic E-state index is 5.62. The van der Waals surface area contributed by atoms with Crippen LogP contribution in [0.4, 0.5) is 0 Å². The molecule has 1 aromatic carbocycles. The van der Waals surface area contributed by atoms with E-state index in [1.54, 1.807) is 6.20 Å². The molecular weight excluding hydrogens is 240 g/mol. The van der Waals surface area contributed by atoms with E-state index in [1.807, 2.05) is 41.1 Å². The Bertz CT molecular complexity index is 483. The maximum absolute atomic E-state index is 5.62. The molecule has 0 aliphatic heterocycles. The molecule has 0 spiro atoms. The van der Waals surface area contributed by atoms with Gasteiger partial charge in [0, 0.05) is 12.8 Å². The van der Waals surface area contributed by atoms with Crippen molar-refractivity contribution < 1.29 is 4.74 Å². The van der Waals surface area contributed by atoms with Gasteiger partial charge in [0.2, 0.25) is 0 Å². The smallest absolute Gasteiger partial charge is 0.0866 e. The fourth-order valence-corrected chi connectivity index (χ4v) is 1.93. The molecule has 1 atom stereocenters. The van der Waals surface area contributed by atoms with Crippen molar-refractivity contribution in [2.24, 2.45) is 5.84 Å². The fourth-order valence-electron chi connectivity index (χ4n) is 1.93. The third kappa shape index (κ3) is 3.41. The van der Waals surface area contributed by atoms with Gasteiger partial charge in [0.15, 0.2) is 0 Å². The summed E-state index contributed by atoms with van der Waals surface area (Å²) >= 11 is 0. The van der Waals surface area contributed by atoms with Crippen LogP contribution >= 0.6 is 0 Å². The molecule has 0 aliphatic carbocycles. The lowest BCUT2D eigenvalue weighted by molar-refractivity contribution is 0.110. The number of para-hydroxylation sites is 1. The summed E-state index contributed by atoms with van der Waals surface area (Å²) in [7, 11) is 0. The summed E-state index contributed by atoms with van der Waals surface area (Å²) in [6.45, 7) is 3.35. The molecule has 5 heteroatoms. The predicted octanol–water partition coefficient (Wildman–Crippen LogP) is 1.80. The van der Waals surface area contributed by atoms with Gasteiger partial charge < -0.3 is 4.74 Å². The molecule has 102 valence electrons. The van der Waals surface area contributed by atoms with Crippen LogP contribution in [0, 0.1) is 0 Å². The van der Waals surface area contributed by atoms with E-state index < -0.39 is 0 Å². The lowest BCUT2D eigenvalue weighted by Crippen LogP contribution is -2.33. The first kappa shape index (κ1) is 13.7. The highest BCUT2D eigenvalue weighted by Gasteiger charge is 2.15. The van der Waals surface area contributed by atoms with Crippen LogP contribution in [0.2, 0.25) is 0 Å². The van der Waals surface area contributed by atoms with Gasteiger partial charge in [-0.1, -0.05) is 25.1 Å². The Labute approximate surface area is 113 Å². The number of nitrogens with one attached hydrogen (secondary N) is 1. The monoisotopic (exact) mass is 260 g/mol. The fraction of sp³-hybridized carbons (Fsp3) is 0.357. The van der Waals surface area contributed by atoms with Crippen LogP contribution in [-0.2, 0) is 4.74 Å². The molecule has 0 aliphatic rings. The maximum Gasteiger partial charge on any atom is 0.0866 e. The van der Waals surface area contributed by atoms with E-state index in [2.05, 4.69) is 17.4 Å². The number of ether oxygens (including phenoxy) is 1. The Morgan fingerprint density at radius 1 is 1.32 bits per heavy atom. The van der Waals surface area contributed by atoms with Crippen LogP contribution in [-0.4, -0.2) is 23.0 Å². The van der Waals surface area contributed by atoms with E-state index in [9.17, 15) is 0 Å². The van der Waals surface area contributed by atoms with Gasteiger partial charge in [-0.15, -0.1) is 0 Å². The quantitative estimate of drug-likeness (QED) is 0.452. The second kappa shape index (κ2) is 7.04. The number of nitrogens with two attached hydrogens (primary N) is 1. The van der Waals surface area contributed by atoms with Crippen LogP contribution in [0.3, 0.4) is 0 Å². The highest BCUT2D eigenvalue weighted by molar-refractivity contribution is 5.33. The minimum absolute atomic E-state index is 0.0748. The molecule has 0 fully saturated rings. The zero-order valence-corrected chi connectivity index (χ0v) is 11.1. The van der Waals surface area contributed by atoms with Crippen molar-refractivity contribution in [2.75, 3.05) is 13.2 Å². The molecule has 3 N–H and O–H groups in total. The van der Waals surface area contributed by atoms with Gasteiger partial charge in [-0.25, -0.2) is 10.1 Å². The summed E-state index contributed by atoms with van der Waals surface area (Å²) in [5, 5.41) is 4.35. The first-order chi connectivity index (χ1) is 9.36. The summed E-state index contributed by atoms with van der Waals surface area (Å²) in [5.74, 6) is 5.62. The van der Waals surface area contributed by atoms with Crippen LogP contribution in [0.15, 0.2) is 42.6 Å². The Morgan fingerprint density at radius 3 is 2.79 bits per heavy atom. The van der Waals surface area contributed by atoms with Gasteiger partial charge in [-0.05, 0) is 24.6 Å². The average Bonchev–Trinajstić information content (AvgIpc) is 2.94. The minimum Gasteiger partial charge on any atom is -0.379 e. The van der Waals surface area contributed by atoms with Gasteiger partial charge in [-0.3, -0.25) is 5.84 Å². The van der Waals surface area contributed by atoms with Crippen molar-refractivity contribution >= 4 is 0 Å². The molecule has 5 nitrogen and oxygen atoms in total. The Kier molecular flexibility index (Phi) is 5.09. The summed E-state index contributed by atoms with van der Waals surface area (Å²) in [5.41, 5.74) is 4.79. The van der Waals surface area contributed by atoms with E-state index in [4.69, 9.17) is 10.6 Å². The van der Waals surface area contributed by atoms with Crippen LogP contribution < -0.4 is 11.3 Å². The number of benzene rings is 1. The number of rotatable bonds is 7. The van der Waals surface area contributed by atoms with Crippen molar-refractivity contribution in [1.82, 2.24) is 15.2 Å². The zero-order valence-electron chi connectivity index (χ0n) is 11.1. The van der Waals surface area contributed by atoms with Gasteiger partial charge in [-0.2, -0.15) is 5.10 Å². The number of aromatic nitrogens is 2. The average molecular weight is 260 g/mol. The molecule has 2 aromatic rings. The first-order valence-corrected chi connectivity index (χ1v) is 6.50. The van der Waals surface area contributed by atoms with Crippen molar-refractivity contribution in [3.63, 3.8) is 0 Å². The summed E-state index contributed by atoms with van der Waals surface area (Å²) in [4.78, 5) is 0. The lowest BCUT2D eigenvalue weighted by atomic mass is 10.2. The minimum atomic E-state index is -0.0748. The molecule has 0 bridgehead atoms. The van der Waals surface area contributed by atoms with E-state index in [0.29, 0.717) is 6.61 Å². The third-order valence-corrected chi connectivity index (χ3v) is 2.86. The van der Waals surface area contributed by atoms with Crippen LogP contribution in [0.5, 0.6) is 0 Å². The predicted molar refractivity (Wildman–Crippen MR) is 74.7 cm³/mol.